The normalized spacial score (nSPS) is 14.3. The second-order valence-electron chi connectivity index (χ2n) is 10.0. The number of rotatable bonds is 10. The van der Waals surface area contributed by atoms with Crippen LogP contribution >= 0.6 is 11.3 Å². The van der Waals surface area contributed by atoms with Gasteiger partial charge in [0.2, 0.25) is 0 Å². The summed E-state index contributed by atoms with van der Waals surface area (Å²) >= 11 is 1.71. The first-order chi connectivity index (χ1) is 18.8. The average molecular weight is 530 g/mol. The Hall–Kier alpha value is -3.79. The van der Waals surface area contributed by atoms with Gasteiger partial charge in [-0.15, -0.1) is 10.2 Å². The lowest BCUT2D eigenvalue weighted by molar-refractivity contribution is 0.0950. The second-order valence-corrected chi connectivity index (χ2v) is 10.8. The van der Waals surface area contributed by atoms with Crippen LogP contribution in [0.25, 0.3) is 22.2 Å². The second kappa shape index (κ2) is 11.3. The number of fused-ring (bicyclic) bond motifs is 1. The minimum atomic E-state index is -0.121. The Bertz CT molecular complexity index is 1470. The highest BCUT2D eigenvalue weighted by Crippen LogP contribution is 2.38. The zero-order valence-corrected chi connectivity index (χ0v) is 22.0. The summed E-state index contributed by atoms with van der Waals surface area (Å²) in [4.78, 5) is 13.1. The fraction of sp³-hybridized carbons (Fsp3) is 0.393. The number of nitrogens with one attached hydrogen (secondary N) is 2. The number of thiophene rings is 1. The lowest BCUT2D eigenvalue weighted by Gasteiger charge is -2.21. The number of carbonyl (C=O) groups is 1. The molecule has 0 spiro atoms. The van der Waals surface area contributed by atoms with Crippen molar-refractivity contribution < 1.29 is 9.32 Å². The van der Waals surface area contributed by atoms with E-state index in [0.29, 0.717) is 30.0 Å². The number of benzene rings is 1. The van der Waals surface area contributed by atoms with E-state index in [2.05, 4.69) is 64.6 Å². The van der Waals surface area contributed by atoms with Crippen molar-refractivity contribution in [1.29, 1.82) is 0 Å². The summed E-state index contributed by atoms with van der Waals surface area (Å²) in [5.41, 5.74) is 6.24. The summed E-state index contributed by atoms with van der Waals surface area (Å²) in [6.45, 7) is 1.05. The van der Waals surface area contributed by atoms with Crippen LogP contribution in [0.2, 0.25) is 0 Å². The summed E-state index contributed by atoms with van der Waals surface area (Å²) in [6, 6.07) is 10.00. The van der Waals surface area contributed by atoms with Gasteiger partial charge in [-0.3, -0.25) is 4.79 Å². The quantitative estimate of drug-likeness (QED) is 0.245. The Kier molecular flexibility index (Phi) is 7.30. The molecule has 2 N–H and O–H groups in total. The van der Waals surface area contributed by atoms with Gasteiger partial charge in [0.25, 0.3) is 5.91 Å². The van der Waals surface area contributed by atoms with Gasteiger partial charge in [-0.25, -0.2) is 0 Å². The molecule has 1 aliphatic carbocycles. The van der Waals surface area contributed by atoms with Crippen molar-refractivity contribution in [3.8, 4) is 11.3 Å². The molecule has 9 nitrogen and oxygen atoms in total. The van der Waals surface area contributed by atoms with Crippen LogP contribution in [0.15, 0.2) is 51.9 Å². The summed E-state index contributed by atoms with van der Waals surface area (Å²) in [7, 11) is 0. The molecule has 4 heterocycles. The van der Waals surface area contributed by atoms with Gasteiger partial charge in [0, 0.05) is 46.4 Å². The first kappa shape index (κ1) is 24.5. The monoisotopic (exact) mass is 529 g/mol. The van der Waals surface area contributed by atoms with Gasteiger partial charge in [-0.1, -0.05) is 42.5 Å². The smallest absolute Gasteiger partial charge is 0.251 e. The van der Waals surface area contributed by atoms with Crippen LogP contribution in [0, 0.1) is 5.92 Å². The van der Waals surface area contributed by atoms with Crippen molar-refractivity contribution in [2.24, 2.45) is 5.92 Å². The Balaban J connectivity index is 1.38. The largest absolute Gasteiger partial charge is 0.364 e. The SMILES string of the molecule is O=C(NCc1ccon1)c1ccc2c(c1)c(CCC1CCCCC1)c(-c1ccsc1)n2CCc1nn[nH]n1. The minimum absolute atomic E-state index is 0.121. The zero-order valence-electron chi connectivity index (χ0n) is 21.2. The molecular weight excluding hydrogens is 498 g/mol. The van der Waals surface area contributed by atoms with Crippen molar-refractivity contribution in [1.82, 2.24) is 35.7 Å². The van der Waals surface area contributed by atoms with Crippen molar-refractivity contribution >= 4 is 28.1 Å². The van der Waals surface area contributed by atoms with E-state index in [9.17, 15) is 4.79 Å². The molecule has 5 aromatic rings. The predicted octanol–water partition coefficient (Wildman–Crippen LogP) is 5.56. The molecule has 0 saturated heterocycles. The van der Waals surface area contributed by atoms with E-state index in [1.165, 1.54) is 61.6 Å². The van der Waals surface area contributed by atoms with Crippen molar-refractivity contribution in [3.63, 3.8) is 0 Å². The minimum Gasteiger partial charge on any atom is -0.364 e. The molecule has 1 fully saturated rings. The fourth-order valence-electron chi connectivity index (χ4n) is 5.71. The number of nitrogens with zero attached hydrogens (tertiary/aromatic N) is 5. The third-order valence-corrected chi connectivity index (χ3v) is 8.31. The number of hydrogen-bond acceptors (Lipinski definition) is 7. The van der Waals surface area contributed by atoms with Gasteiger partial charge < -0.3 is 14.4 Å². The van der Waals surface area contributed by atoms with Gasteiger partial charge in [0.05, 0.1) is 12.2 Å². The maximum atomic E-state index is 13.1. The van der Waals surface area contributed by atoms with Gasteiger partial charge in [0.1, 0.15) is 12.0 Å². The summed E-state index contributed by atoms with van der Waals surface area (Å²) < 4.78 is 7.26. The lowest BCUT2D eigenvalue weighted by Crippen LogP contribution is -2.22. The number of carbonyl (C=O) groups excluding carboxylic acids is 1. The number of hydrogen-bond donors (Lipinski definition) is 2. The van der Waals surface area contributed by atoms with Crippen LogP contribution in [0.3, 0.4) is 0 Å². The molecule has 1 amide bonds. The molecule has 10 heteroatoms. The number of aromatic nitrogens is 6. The molecule has 1 aromatic carbocycles. The van der Waals surface area contributed by atoms with Crippen molar-refractivity contribution in [2.75, 3.05) is 0 Å². The highest BCUT2D eigenvalue weighted by atomic mass is 32.1. The van der Waals surface area contributed by atoms with Crippen molar-refractivity contribution in [2.45, 2.75) is 64.5 Å². The van der Waals surface area contributed by atoms with Crippen LogP contribution in [0.1, 0.15) is 66.0 Å². The Labute approximate surface area is 224 Å². The zero-order chi connectivity index (χ0) is 25.7. The number of aryl methyl sites for hydroxylation is 3. The van der Waals surface area contributed by atoms with Crippen LogP contribution in [-0.2, 0) is 25.9 Å². The van der Waals surface area contributed by atoms with Crippen LogP contribution in [-0.4, -0.2) is 36.3 Å². The van der Waals surface area contributed by atoms with Crippen molar-refractivity contribution in [3.05, 3.63) is 70.0 Å². The first-order valence-corrected chi connectivity index (χ1v) is 14.3. The maximum absolute atomic E-state index is 13.1. The fourth-order valence-corrected chi connectivity index (χ4v) is 6.35. The van der Waals surface area contributed by atoms with E-state index >= 15 is 0 Å². The third-order valence-electron chi connectivity index (χ3n) is 7.62. The van der Waals surface area contributed by atoms with Gasteiger partial charge in [-0.05, 0) is 54.0 Å². The molecule has 38 heavy (non-hydrogen) atoms. The van der Waals surface area contributed by atoms with E-state index in [1.807, 2.05) is 6.07 Å². The molecule has 0 unspecified atom stereocenters. The third kappa shape index (κ3) is 5.26. The molecule has 4 aromatic heterocycles. The van der Waals surface area contributed by atoms with E-state index in [1.54, 1.807) is 17.4 Å². The molecule has 1 saturated carbocycles. The van der Waals surface area contributed by atoms with E-state index in [4.69, 9.17) is 4.52 Å². The maximum Gasteiger partial charge on any atom is 0.251 e. The highest BCUT2D eigenvalue weighted by Gasteiger charge is 2.22. The van der Waals surface area contributed by atoms with Gasteiger partial charge in [0.15, 0.2) is 5.82 Å². The molecule has 0 aliphatic heterocycles. The summed E-state index contributed by atoms with van der Waals surface area (Å²) in [5, 5.41) is 27.0. The molecule has 1 aliphatic rings. The van der Waals surface area contributed by atoms with Crippen LogP contribution < -0.4 is 5.32 Å². The average Bonchev–Trinajstić information content (AvgIpc) is 3.77. The molecule has 196 valence electrons. The summed E-state index contributed by atoms with van der Waals surface area (Å²) in [5.74, 6) is 1.34. The lowest BCUT2D eigenvalue weighted by atomic mass is 9.84. The highest BCUT2D eigenvalue weighted by molar-refractivity contribution is 7.08. The molecule has 0 bridgehead atoms. The Morgan fingerprint density at radius 3 is 2.84 bits per heavy atom. The number of tetrazole rings is 1. The number of aromatic amines is 1. The Morgan fingerprint density at radius 1 is 1.16 bits per heavy atom. The number of H-pyrrole nitrogens is 1. The predicted molar refractivity (Wildman–Crippen MR) is 146 cm³/mol. The number of amides is 1. The molecule has 6 rings (SSSR count). The molecular formula is C28H31N7O2S. The van der Waals surface area contributed by atoms with Crippen LogP contribution in [0.4, 0.5) is 0 Å². The van der Waals surface area contributed by atoms with E-state index in [0.717, 1.165) is 29.8 Å². The van der Waals surface area contributed by atoms with E-state index in [-0.39, 0.29) is 5.91 Å². The Morgan fingerprint density at radius 2 is 2.08 bits per heavy atom. The molecule has 0 atom stereocenters. The first-order valence-electron chi connectivity index (χ1n) is 13.3. The topological polar surface area (TPSA) is 115 Å². The molecule has 0 radical (unpaired) electrons. The van der Waals surface area contributed by atoms with Gasteiger partial charge in [-0.2, -0.15) is 16.6 Å². The standard InChI is InChI=1S/C28H31N7O2S/c36-28(29-17-22-11-14-37-32-22)20-7-9-25-24(16-20)23(8-6-19-4-2-1-3-5-19)27(21-12-15-38-18-21)35(25)13-10-26-30-33-34-31-26/h7,9,11-12,14-16,18-19H,1-6,8,10,13,17H2,(H,29,36)(H,30,31,33,34). The van der Waals surface area contributed by atoms with Gasteiger partial charge >= 0.3 is 0 Å². The summed E-state index contributed by atoms with van der Waals surface area (Å²) in [6.07, 6.45) is 11.0. The van der Waals surface area contributed by atoms with E-state index < -0.39 is 0 Å². The van der Waals surface area contributed by atoms with Crippen LogP contribution in [0.5, 0.6) is 0 Å².